The average Bonchev–Trinajstić information content (AvgIpc) is 2.39. The van der Waals surface area contributed by atoms with Crippen LogP contribution in [0.4, 0.5) is 10.5 Å². The van der Waals surface area contributed by atoms with Crippen LogP contribution in [-0.2, 0) is 0 Å². The summed E-state index contributed by atoms with van der Waals surface area (Å²) in [5, 5.41) is 5.09. The minimum Gasteiger partial charge on any atom is -0.308 e. The predicted molar refractivity (Wildman–Crippen MR) is 76.9 cm³/mol. The van der Waals surface area contributed by atoms with Gasteiger partial charge in [-0.3, -0.25) is 10.1 Å². The number of para-hydroxylation sites is 1. The van der Waals surface area contributed by atoms with E-state index >= 15 is 0 Å². The van der Waals surface area contributed by atoms with Crippen molar-refractivity contribution in [3.05, 3.63) is 58.9 Å². The number of rotatable bonds is 2. The Labute approximate surface area is 121 Å². The largest absolute Gasteiger partial charge is 0.326 e. The third-order valence-electron chi connectivity index (χ3n) is 2.56. The highest BCUT2D eigenvalue weighted by Gasteiger charge is 2.13. The lowest BCUT2D eigenvalue weighted by Gasteiger charge is -2.08. The van der Waals surface area contributed by atoms with Crippen LogP contribution in [0.1, 0.15) is 16.1 Å². The average molecular weight is 290 g/mol. The number of amides is 3. The zero-order chi connectivity index (χ0) is 14.5. The Balaban J connectivity index is 2.02. The molecule has 2 N–H and O–H groups in total. The van der Waals surface area contributed by atoms with Crippen LogP contribution < -0.4 is 10.6 Å². The van der Waals surface area contributed by atoms with Crippen molar-refractivity contribution in [3.8, 4) is 0 Å². The Morgan fingerprint density at radius 2 is 1.80 bits per heavy atom. The van der Waals surface area contributed by atoms with E-state index in [1.54, 1.807) is 31.2 Å². The molecule has 0 fully saturated rings. The molecule has 0 saturated heterocycles. The summed E-state index contributed by atoms with van der Waals surface area (Å²) in [7, 11) is 0. The molecule has 1 aromatic heterocycles. The van der Waals surface area contributed by atoms with E-state index < -0.39 is 11.9 Å². The zero-order valence-electron chi connectivity index (χ0n) is 10.7. The maximum absolute atomic E-state index is 11.9. The molecule has 20 heavy (non-hydrogen) atoms. The number of nitrogens with one attached hydrogen (secondary N) is 2. The van der Waals surface area contributed by atoms with Crippen LogP contribution in [0, 0.1) is 6.92 Å². The monoisotopic (exact) mass is 289 g/mol. The molecule has 0 unspecified atom stereocenters. The van der Waals surface area contributed by atoms with Crippen molar-refractivity contribution in [2.45, 2.75) is 6.92 Å². The second kappa shape index (κ2) is 6.16. The molecule has 0 aliphatic carbocycles. The number of hydrogen-bond donors (Lipinski definition) is 2. The molecule has 1 heterocycles. The van der Waals surface area contributed by atoms with Gasteiger partial charge in [0.1, 0.15) is 5.15 Å². The first kappa shape index (κ1) is 14.0. The van der Waals surface area contributed by atoms with Crippen molar-refractivity contribution in [2.75, 3.05) is 5.32 Å². The van der Waals surface area contributed by atoms with E-state index in [-0.39, 0.29) is 0 Å². The zero-order valence-corrected chi connectivity index (χ0v) is 11.4. The maximum atomic E-state index is 11.9. The van der Waals surface area contributed by atoms with E-state index in [1.165, 1.54) is 12.1 Å². The first-order valence-electron chi connectivity index (χ1n) is 5.87. The highest BCUT2D eigenvalue weighted by atomic mass is 35.5. The minimum absolute atomic E-state index is 0.299. The van der Waals surface area contributed by atoms with Crippen LogP contribution in [0.15, 0.2) is 42.5 Å². The number of carbonyl (C=O) groups is 2. The topological polar surface area (TPSA) is 71.1 Å². The van der Waals surface area contributed by atoms with Crippen molar-refractivity contribution >= 4 is 29.2 Å². The molecule has 1 aromatic carbocycles. The fourth-order valence-corrected chi connectivity index (χ4v) is 1.81. The fourth-order valence-electron chi connectivity index (χ4n) is 1.62. The summed E-state index contributed by atoms with van der Waals surface area (Å²) >= 11 is 5.71. The third kappa shape index (κ3) is 3.55. The second-order valence-corrected chi connectivity index (χ2v) is 4.43. The van der Waals surface area contributed by atoms with Crippen LogP contribution in [0.5, 0.6) is 0 Å². The molecule has 0 atom stereocenters. The summed E-state index contributed by atoms with van der Waals surface area (Å²) in [6.07, 6.45) is 0. The molecule has 2 rings (SSSR count). The highest BCUT2D eigenvalue weighted by molar-refractivity contribution is 6.29. The van der Waals surface area contributed by atoms with Gasteiger partial charge in [-0.05, 0) is 31.2 Å². The van der Waals surface area contributed by atoms with Crippen molar-refractivity contribution in [3.63, 3.8) is 0 Å². The number of imide groups is 1. The fraction of sp³-hybridized carbons (Fsp3) is 0.0714. The lowest BCUT2D eigenvalue weighted by molar-refractivity contribution is 0.0966. The van der Waals surface area contributed by atoms with Gasteiger partial charge < -0.3 is 5.32 Å². The quantitative estimate of drug-likeness (QED) is 0.835. The smallest absolute Gasteiger partial charge is 0.308 e. The van der Waals surface area contributed by atoms with Gasteiger partial charge in [-0.2, -0.15) is 0 Å². The van der Waals surface area contributed by atoms with Gasteiger partial charge >= 0.3 is 6.03 Å². The van der Waals surface area contributed by atoms with Gasteiger partial charge in [-0.1, -0.05) is 29.8 Å². The van der Waals surface area contributed by atoms with Gasteiger partial charge in [0.05, 0.1) is 11.3 Å². The van der Waals surface area contributed by atoms with Gasteiger partial charge in [-0.25, -0.2) is 9.78 Å². The summed E-state index contributed by atoms with van der Waals surface area (Å²) in [6.45, 7) is 1.65. The number of urea groups is 1. The number of carbonyl (C=O) groups excluding carboxylic acids is 2. The number of pyridine rings is 1. The van der Waals surface area contributed by atoms with E-state index in [9.17, 15) is 9.59 Å². The molecule has 0 saturated carbocycles. The third-order valence-corrected chi connectivity index (χ3v) is 2.77. The Bertz CT molecular complexity index is 644. The first-order valence-corrected chi connectivity index (χ1v) is 6.24. The summed E-state index contributed by atoms with van der Waals surface area (Å²) in [5.41, 5.74) is 1.36. The number of benzene rings is 1. The van der Waals surface area contributed by atoms with E-state index in [0.717, 1.165) is 0 Å². The van der Waals surface area contributed by atoms with Gasteiger partial charge in [0.25, 0.3) is 5.91 Å². The summed E-state index contributed by atoms with van der Waals surface area (Å²) in [4.78, 5) is 27.6. The van der Waals surface area contributed by atoms with E-state index in [2.05, 4.69) is 15.6 Å². The molecule has 0 aliphatic rings. The molecular formula is C14H12ClN3O2. The number of anilines is 1. The lowest BCUT2D eigenvalue weighted by atomic mass is 10.2. The lowest BCUT2D eigenvalue weighted by Crippen LogP contribution is -2.34. The number of nitrogens with zero attached hydrogens (tertiary/aromatic N) is 1. The van der Waals surface area contributed by atoms with Gasteiger partial charge in [-0.15, -0.1) is 0 Å². The van der Waals surface area contributed by atoms with Crippen molar-refractivity contribution < 1.29 is 9.59 Å². The van der Waals surface area contributed by atoms with Crippen LogP contribution >= 0.6 is 11.6 Å². The van der Waals surface area contributed by atoms with Crippen LogP contribution in [-0.4, -0.2) is 16.9 Å². The van der Waals surface area contributed by atoms with Crippen molar-refractivity contribution in [2.24, 2.45) is 0 Å². The first-order chi connectivity index (χ1) is 9.56. The van der Waals surface area contributed by atoms with E-state index in [0.29, 0.717) is 22.1 Å². The number of aryl methyl sites for hydroxylation is 1. The van der Waals surface area contributed by atoms with Crippen molar-refractivity contribution in [1.82, 2.24) is 10.3 Å². The van der Waals surface area contributed by atoms with Crippen LogP contribution in [0.3, 0.4) is 0 Å². The molecule has 2 aromatic rings. The second-order valence-electron chi connectivity index (χ2n) is 4.04. The van der Waals surface area contributed by atoms with Gasteiger partial charge in [0.2, 0.25) is 0 Å². The highest BCUT2D eigenvalue weighted by Crippen LogP contribution is 2.11. The van der Waals surface area contributed by atoms with Gasteiger partial charge in [0, 0.05) is 5.69 Å². The summed E-state index contributed by atoms with van der Waals surface area (Å²) < 4.78 is 0. The Morgan fingerprint density at radius 3 is 2.45 bits per heavy atom. The SMILES string of the molecule is Cc1nc(Cl)ccc1C(=O)NC(=O)Nc1ccccc1. The van der Waals surface area contributed by atoms with Crippen LogP contribution in [0.2, 0.25) is 5.15 Å². The molecule has 0 radical (unpaired) electrons. The van der Waals surface area contributed by atoms with Crippen LogP contribution in [0.25, 0.3) is 0 Å². The molecule has 0 spiro atoms. The normalized spacial score (nSPS) is 9.90. The summed E-state index contributed by atoms with van der Waals surface area (Å²) in [6, 6.07) is 11.3. The predicted octanol–water partition coefficient (Wildman–Crippen LogP) is 3.01. The van der Waals surface area contributed by atoms with E-state index in [1.807, 2.05) is 6.07 Å². The Kier molecular flexibility index (Phi) is 4.32. The Hall–Kier alpha value is -2.40. The molecule has 5 nitrogen and oxygen atoms in total. The number of aromatic nitrogens is 1. The molecular weight excluding hydrogens is 278 g/mol. The maximum Gasteiger partial charge on any atom is 0.326 e. The molecule has 102 valence electrons. The van der Waals surface area contributed by atoms with Crippen molar-refractivity contribution in [1.29, 1.82) is 0 Å². The molecule has 0 aliphatic heterocycles. The minimum atomic E-state index is -0.601. The molecule has 6 heteroatoms. The molecule has 3 amide bonds. The molecule has 0 bridgehead atoms. The van der Waals surface area contributed by atoms with E-state index in [4.69, 9.17) is 11.6 Å². The standard InChI is InChI=1S/C14H12ClN3O2/c1-9-11(7-8-12(15)16-9)13(19)18-14(20)17-10-5-3-2-4-6-10/h2-8H,1H3,(H2,17,18,19,20). The Morgan fingerprint density at radius 1 is 1.10 bits per heavy atom. The number of hydrogen-bond acceptors (Lipinski definition) is 3. The summed E-state index contributed by atoms with van der Waals surface area (Å²) in [5.74, 6) is -0.528. The number of halogens is 1. The van der Waals surface area contributed by atoms with Gasteiger partial charge in [0.15, 0.2) is 0 Å².